The maximum atomic E-state index is 13.5. The van der Waals surface area contributed by atoms with E-state index in [4.69, 9.17) is 9.26 Å². The van der Waals surface area contributed by atoms with Crippen LogP contribution in [0.3, 0.4) is 0 Å². The molecule has 5 heteroatoms. The third kappa shape index (κ3) is 2.81. The largest absolute Gasteiger partial charge is 0.381 e. The minimum Gasteiger partial charge on any atom is -0.381 e. The summed E-state index contributed by atoms with van der Waals surface area (Å²) in [4.78, 5) is 4.36. The van der Waals surface area contributed by atoms with Crippen molar-refractivity contribution < 1.29 is 13.7 Å². The van der Waals surface area contributed by atoms with E-state index in [0.717, 1.165) is 13.0 Å². The number of rotatable bonds is 4. The summed E-state index contributed by atoms with van der Waals surface area (Å²) in [5, 5.41) is 3.97. The van der Waals surface area contributed by atoms with E-state index in [1.165, 1.54) is 6.07 Å². The van der Waals surface area contributed by atoms with Crippen LogP contribution < -0.4 is 0 Å². The van der Waals surface area contributed by atoms with Gasteiger partial charge >= 0.3 is 0 Å². The first-order valence-electron chi connectivity index (χ1n) is 6.46. The van der Waals surface area contributed by atoms with Gasteiger partial charge in [-0.1, -0.05) is 23.4 Å². The predicted molar refractivity (Wildman–Crippen MR) is 66.3 cm³/mol. The van der Waals surface area contributed by atoms with Crippen LogP contribution in [0.4, 0.5) is 4.39 Å². The maximum Gasteiger partial charge on any atom is 0.226 e. The van der Waals surface area contributed by atoms with Crippen LogP contribution in [-0.4, -0.2) is 23.4 Å². The number of nitrogens with zero attached hydrogens (tertiary/aromatic N) is 2. The highest BCUT2D eigenvalue weighted by molar-refractivity contribution is 5.17. The summed E-state index contributed by atoms with van der Waals surface area (Å²) >= 11 is 0. The highest BCUT2D eigenvalue weighted by atomic mass is 19.1. The smallest absolute Gasteiger partial charge is 0.226 e. The average molecular weight is 262 g/mol. The Morgan fingerprint density at radius 3 is 2.95 bits per heavy atom. The van der Waals surface area contributed by atoms with Crippen LogP contribution in [-0.2, 0) is 17.6 Å². The van der Waals surface area contributed by atoms with Gasteiger partial charge in [0.2, 0.25) is 5.89 Å². The number of ether oxygens (including phenoxy) is 1. The second kappa shape index (κ2) is 5.48. The topological polar surface area (TPSA) is 48.2 Å². The van der Waals surface area contributed by atoms with Gasteiger partial charge in [0.25, 0.3) is 0 Å². The molecule has 0 radical (unpaired) electrons. The van der Waals surface area contributed by atoms with Crippen LogP contribution >= 0.6 is 0 Å². The molecule has 0 aliphatic carbocycles. The fraction of sp³-hybridized carbons (Fsp3) is 0.429. The van der Waals surface area contributed by atoms with Crippen molar-refractivity contribution in [3.63, 3.8) is 0 Å². The van der Waals surface area contributed by atoms with E-state index in [1.807, 2.05) is 6.07 Å². The number of aryl methyl sites for hydroxylation is 2. The molecule has 2 aromatic rings. The molecule has 4 nitrogen and oxygen atoms in total. The van der Waals surface area contributed by atoms with Crippen LogP contribution in [0.15, 0.2) is 28.8 Å². The summed E-state index contributed by atoms with van der Waals surface area (Å²) in [6.45, 7) is 1.41. The Morgan fingerprint density at radius 1 is 1.26 bits per heavy atom. The standard InChI is InChI=1S/C14H15FN2O2/c15-12-4-2-1-3-10(12)5-6-13-16-14(17-19-13)11-7-8-18-9-11/h1-4,11H,5-9H2/t11-/m0/s1. The molecule has 100 valence electrons. The zero-order valence-corrected chi connectivity index (χ0v) is 10.5. The highest BCUT2D eigenvalue weighted by Crippen LogP contribution is 2.22. The Hall–Kier alpha value is -1.75. The van der Waals surface area contributed by atoms with E-state index in [2.05, 4.69) is 10.1 Å². The molecule has 1 atom stereocenters. The van der Waals surface area contributed by atoms with Gasteiger partial charge in [-0.3, -0.25) is 0 Å². The number of hydrogen-bond donors (Lipinski definition) is 0. The van der Waals surface area contributed by atoms with Gasteiger partial charge in [0.1, 0.15) is 5.82 Å². The Balaban J connectivity index is 1.63. The zero-order chi connectivity index (χ0) is 13.1. The average Bonchev–Trinajstić information content (AvgIpc) is 3.09. The van der Waals surface area contributed by atoms with Gasteiger partial charge < -0.3 is 9.26 Å². The molecule has 0 amide bonds. The van der Waals surface area contributed by atoms with E-state index in [-0.39, 0.29) is 11.7 Å². The van der Waals surface area contributed by atoms with Crippen molar-refractivity contribution >= 4 is 0 Å². The lowest BCUT2D eigenvalue weighted by molar-refractivity contribution is 0.192. The number of hydrogen-bond acceptors (Lipinski definition) is 4. The normalized spacial score (nSPS) is 18.9. The predicted octanol–water partition coefficient (Wildman–Crippen LogP) is 2.50. The van der Waals surface area contributed by atoms with Crippen LogP contribution in [0.5, 0.6) is 0 Å². The first kappa shape index (κ1) is 12.3. The van der Waals surface area contributed by atoms with Crippen LogP contribution in [0, 0.1) is 5.82 Å². The fourth-order valence-corrected chi connectivity index (χ4v) is 2.22. The van der Waals surface area contributed by atoms with Crippen LogP contribution in [0.2, 0.25) is 0 Å². The van der Waals surface area contributed by atoms with Gasteiger partial charge in [0, 0.05) is 18.9 Å². The molecule has 3 rings (SSSR count). The van der Waals surface area contributed by atoms with Gasteiger partial charge in [-0.05, 0) is 24.5 Å². The van der Waals surface area contributed by atoms with Crippen molar-refractivity contribution in [1.82, 2.24) is 10.1 Å². The number of aromatic nitrogens is 2. The van der Waals surface area contributed by atoms with Gasteiger partial charge in [-0.25, -0.2) is 4.39 Å². The summed E-state index contributed by atoms with van der Waals surface area (Å²) in [7, 11) is 0. The van der Waals surface area contributed by atoms with Crippen molar-refractivity contribution in [3.8, 4) is 0 Å². The second-order valence-corrected chi connectivity index (χ2v) is 4.70. The molecule has 19 heavy (non-hydrogen) atoms. The molecule has 1 aromatic carbocycles. The Labute approximate surface area is 110 Å². The third-order valence-electron chi connectivity index (χ3n) is 3.34. The van der Waals surface area contributed by atoms with Crippen molar-refractivity contribution in [2.24, 2.45) is 0 Å². The molecule has 1 aliphatic rings. The van der Waals surface area contributed by atoms with Crippen molar-refractivity contribution in [1.29, 1.82) is 0 Å². The molecule has 1 aromatic heterocycles. The van der Waals surface area contributed by atoms with E-state index >= 15 is 0 Å². The molecule has 0 N–H and O–H groups in total. The molecule has 2 heterocycles. The summed E-state index contributed by atoms with van der Waals surface area (Å²) in [6.07, 6.45) is 2.06. The molecule has 0 saturated carbocycles. The molecule has 1 saturated heterocycles. The minimum atomic E-state index is -0.188. The fourth-order valence-electron chi connectivity index (χ4n) is 2.22. The van der Waals surface area contributed by atoms with Crippen LogP contribution in [0.1, 0.15) is 29.6 Å². The van der Waals surface area contributed by atoms with Crippen molar-refractivity contribution in [2.45, 2.75) is 25.2 Å². The quantitative estimate of drug-likeness (QED) is 0.849. The SMILES string of the molecule is Fc1ccccc1CCc1nc([C@H]2CCOC2)no1. The zero-order valence-electron chi connectivity index (χ0n) is 10.5. The van der Waals surface area contributed by atoms with E-state index in [1.54, 1.807) is 12.1 Å². The number of benzene rings is 1. The van der Waals surface area contributed by atoms with Gasteiger partial charge in [0.05, 0.1) is 6.61 Å². The Bertz CT molecular complexity index is 550. The molecule has 0 spiro atoms. The van der Waals surface area contributed by atoms with Crippen LogP contribution in [0.25, 0.3) is 0 Å². The lowest BCUT2D eigenvalue weighted by atomic mass is 10.1. The summed E-state index contributed by atoms with van der Waals surface area (Å²) in [5.74, 6) is 1.32. The molecule has 1 fully saturated rings. The Morgan fingerprint density at radius 2 is 2.16 bits per heavy atom. The summed E-state index contributed by atoms with van der Waals surface area (Å²) < 4.78 is 24.0. The van der Waals surface area contributed by atoms with Gasteiger partial charge in [-0.2, -0.15) is 4.98 Å². The molecule has 0 unspecified atom stereocenters. The molecular formula is C14H15FN2O2. The third-order valence-corrected chi connectivity index (χ3v) is 3.34. The molecule has 1 aliphatic heterocycles. The van der Waals surface area contributed by atoms with E-state index in [9.17, 15) is 4.39 Å². The summed E-state index contributed by atoms with van der Waals surface area (Å²) in [5.41, 5.74) is 0.673. The highest BCUT2D eigenvalue weighted by Gasteiger charge is 2.22. The lowest BCUT2D eigenvalue weighted by Gasteiger charge is -2.00. The molecule has 0 bridgehead atoms. The minimum absolute atomic E-state index is 0.188. The van der Waals surface area contributed by atoms with E-state index < -0.39 is 0 Å². The first-order chi connectivity index (χ1) is 9.33. The lowest BCUT2D eigenvalue weighted by Crippen LogP contribution is -2.00. The molecular weight excluding hydrogens is 247 g/mol. The number of halogens is 1. The Kier molecular flexibility index (Phi) is 3.55. The maximum absolute atomic E-state index is 13.5. The monoisotopic (exact) mass is 262 g/mol. The van der Waals surface area contributed by atoms with Gasteiger partial charge in [-0.15, -0.1) is 0 Å². The van der Waals surface area contributed by atoms with Crippen molar-refractivity contribution in [2.75, 3.05) is 13.2 Å². The van der Waals surface area contributed by atoms with Gasteiger partial charge in [0.15, 0.2) is 5.82 Å². The summed E-state index contributed by atoms with van der Waals surface area (Å²) in [6, 6.07) is 6.75. The van der Waals surface area contributed by atoms with E-state index in [0.29, 0.717) is 36.7 Å². The second-order valence-electron chi connectivity index (χ2n) is 4.70. The van der Waals surface area contributed by atoms with Crippen molar-refractivity contribution in [3.05, 3.63) is 47.4 Å². The first-order valence-corrected chi connectivity index (χ1v) is 6.46.